The number of nitrogens with one attached hydrogen (secondary N) is 2. The molecule has 2 fully saturated rings. The van der Waals surface area contributed by atoms with Crippen molar-refractivity contribution in [1.82, 2.24) is 15.5 Å². The summed E-state index contributed by atoms with van der Waals surface area (Å²) in [4.78, 5) is 38.9. The van der Waals surface area contributed by atoms with E-state index >= 15 is 0 Å². The number of amides is 2. The number of aliphatic carboxylic acids is 1. The molecule has 0 spiro atoms. The van der Waals surface area contributed by atoms with Gasteiger partial charge in [0, 0.05) is 19.6 Å². The largest absolute Gasteiger partial charge is 0.497 e. The molecule has 8 nitrogen and oxygen atoms in total. The summed E-state index contributed by atoms with van der Waals surface area (Å²) in [6.45, 7) is 3.08. The van der Waals surface area contributed by atoms with E-state index in [0.29, 0.717) is 38.3 Å². The van der Waals surface area contributed by atoms with Crippen LogP contribution in [0.4, 0.5) is 0 Å². The molecule has 2 saturated heterocycles. The molecule has 0 aromatic heterocycles. The zero-order chi connectivity index (χ0) is 24.3. The number of carboxylic acids is 1. The Balaban J connectivity index is 1.45. The lowest BCUT2D eigenvalue weighted by atomic mass is 9.95. The molecule has 186 valence electrons. The molecule has 2 aliphatic rings. The number of carbonyl (C=O) groups excluding carboxylic acids is 2. The van der Waals surface area contributed by atoms with Crippen LogP contribution < -0.4 is 15.4 Å². The molecule has 0 aliphatic carbocycles. The Labute approximate surface area is 201 Å². The average molecular weight is 472 g/mol. The first-order valence-corrected chi connectivity index (χ1v) is 12.3. The topological polar surface area (TPSA) is 108 Å². The van der Waals surface area contributed by atoms with Gasteiger partial charge < -0.3 is 25.4 Å². The summed E-state index contributed by atoms with van der Waals surface area (Å²) in [5.74, 6) is -0.916. The molecule has 0 bridgehead atoms. The molecule has 0 unspecified atom stereocenters. The number of likely N-dealkylation sites (tertiary alicyclic amines) is 1. The van der Waals surface area contributed by atoms with Gasteiger partial charge in [-0.05, 0) is 81.3 Å². The van der Waals surface area contributed by atoms with Gasteiger partial charge in [0.15, 0.2) is 0 Å². The quantitative estimate of drug-likeness (QED) is 0.452. The molecule has 2 amide bonds. The lowest BCUT2D eigenvalue weighted by Gasteiger charge is -2.31. The van der Waals surface area contributed by atoms with Crippen LogP contribution in [-0.2, 0) is 20.8 Å². The number of carbonyl (C=O) groups is 3. The summed E-state index contributed by atoms with van der Waals surface area (Å²) in [6, 6.07) is 7.54. The molecule has 2 heterocycles. The third-order valence-corrected chi connectivity index (χ3v) is 6.81. The number of rotatable bonds is 10. The second kappa shape index (κ2) is 13.1. The molecule has 3 N–H and O–H groups in total. The Hall–Kier alpha value is -2.87. The van der Waals surface area contributed by atoms with Crippen molar-refractivity contribution in [3.63, 3.8) is 0 Å². The number of ether oxygens (including phenoxy) is 1. The van der Waals surface area contributed by atoms with Gasteiger partial charge in [-0.3, -0.25) is 14.4 Å². The van der Waals surface area contributed by atoms with E-state index in [9.17, 15) is 19.5 Å². The van der Waals surface area contributed by atoms with E-state index in [1.807, 2.05) is 30.3 Å². The number of piperidine rings is 2. The van der Waals surface area contributed by atoms with E-state index in [1.54, 1.807) is 18.1 Å². The SMILES string of the molecule is COc1ccc(CC[C@H](CNC(=O)[C@@H]2CCCN(C(=O)/C=C/C3CCNCC3)C2)C(=O)O)cc1. The van der Waals surface area contributed by atoms with Gasteiger partial charge in [-0.2, -0.15) is 0 Å². The summed E-state index contributed by atoms with van der Waals surface area (Å²) in [5, 5.41) is 15.7. The van der Waals surface area contributed by atoms with Gasteiger partial charge in [0.25, 0.3) is 0 Å². The zero-order valence-corrected chi connectivity index (χ0v) is 20.0. The number of hydrogen-bond donors (Lipinski definition) is 3. The lowest BCUT2D eigenvalue weighted by molar-refractivity contribution is -0.142. The Morgan fingerprint density at radius 3 is 2.62 bits per heavy atom. The predicted octanol–water partition coefficient (Wildman–Crippen LogP) is 2.24. The summed E-state index contributed by atoms with van der Waals surface area (Å²) in [6.07, 6.45) is 8.26. The Kier molecular flexibility index (Phi) is 9.94. The highest BCUT2D eigenvalue weighted by Crippen LogP contribution is 2.19. The van der Waals surface area contributed by atoms with Crippen molar-refractivity contribution in [3.8, 4) is 5.75 Å². The highest BCUT2D eigenvalue weighted by Gasteiger charge is 2.28. The van der Waals surface area contributed by atoms with E-state index < -0.39 is 11.9 Å². The van der Waals surface area contributed by atoms with E-state index in [4.69, 9.17) is 4.74 Å². The molecule has 0 radical (unpaired) electrons. The maximum absolute atomic E-state index is 12.8. The number of benzene rings is 1. The fourth-order valence-electron chi connectivity index (χ4n) is 4.57. The summed E-state index contributed by atoms with van der Waals surface area (Å²) < 4.78 is 5.15. The predicted molar refractivity (Wildman–Crippen MR) is 129 cm³/mol. The first-order valence-electron chi connectivity index (χ1n) is 12.3. The second-order valence-corrected chi connectivity index (χ2v) is 9.24. The number of methoxy groups -OCH3 is 1. The molecule has 8 heteroatoms. The molecule has 34 heavy (non-hydrogen) atoms. The van der Waals surface area contributed by atoms with Crippen LogP contribution in [0.5, 0.6) is 5.75 Å². The molecule has 0 saturated carbocycles. The Bertz CT molecular complexity index is 848. The monoisotopic (exact) mass is 471 g/mol. The number of nitrogens with zero attached hydrogens (tertiary/aromatic N) is 1. The summed E-state index contributed by atoms with van der Waals surface area (Å²) in [7, 11) is 1.60. The van der Waals surface area contributed by atoms with Crippen LogP contribution in [0.3, 0.4) is 0 Å². The average Bonchev–Trinajstić information content (AvgIpc) is 2.87. The second-order valence-electron chi connectivity index (χ2n) is 9.24. The van der Waals surface area contributed by atoms with E-state index in [-0.39, 0.29) is 24.3 Å². The highest BCUT2D eigenvalue weighted by molar-refractivity contribution is 5.88. The Morgan fingerprint density at radius 2 is 1.94 bits per heavy atom. The van der Waals surface area contributed by atoms with Crippen molar-refractivity contribution in [2.24, 2.45) is 17.8 Å². The standard InChI is InChI=1S/C26H37N3O5/c1-34-23-9-5-19(6-10-23)4-8-21(26(32)33)17-28-25(31)22-3-2-16-29(18-22)24(30)11-7-20-12-14-27-15-13-20/h5-7,9-11,20-22,27H,2-4,8,12-18H2,1H3,(H,28,31)(H,32,33)/b11-7+/t21-,22-/m1/s1. The third kappa shape index (κ3) is 7.87. The minimum absolute atomic E-state index is 0.0427. The minimum atomic E-state index is -0.919. The fourth-order valence-corrected chi connectivity index (χ4v) is 4.57. The van der Waals surface area contributed by atoms with E-state index in [0.717, 1.165) is 43.7 Å². The van der Waals surface area contributed by atoms with Crippen LogP contribution in [-0.4, -0.2) is 67.6 Å². The number of aryl methyl sites for hydroxylation is 1. The van der Waals surface area contributed by atoms with Gasteiger partial charge in [0.05, 0.1) is 18.9 Å². The normalized spacial score (nSPS) is 20.1. The van der Waals surface area contributed by atoms with Crippen molar-refractivity contribution >= 4 is 17.8 Å². The molecule has 2 atom stereocenters. The molecular formula is C26H37N3O5. The van der Waals surface area contributed by atoms with Crippen molar-refractivity contribution < 1.29 is 24.2 Å². The van der Waals surface area contributed by atoms with Crippen molar-refractivity contribution in [2.75, 3.05) is 39.8 Å². The van der Waals surface area contributed by atoms with Crippen LogP contribution in [0.2, 0.25) is 0 Å². The van der Waals surface area contributed by atoms with Crippen LogP contribution in [0.1, 0.15) is 37.7 Å². The molecular weight excluding hydrogens is 434 g/mol. The van der Waals surface area contributed by atoms with Crippen molar-refractivity contribution in [3.05, 3.63) is 42.0 Å². The molecule has 2 aliphatic heterocycles. The van der Waals surface area contributed by atoms with Crippen LogP contribution in [0.15, 0.2) is 36.4 Å². The molecule has 1 aromatic rings. The van der Waals surface area contributed by atoms with Crippen LogP contribution in [0, 0.1) is 17.8 Å². The maximum atomic E-state index is 12.8. The highest BCUT2D eigenvalue weighted by atomic mass is 16.5. The van der Waals surface area contributed by atoms with E-state index in [2.05, 4.69) is 10.6 Å². The van der Waals surface area contributed by atoms with Gasteiger partial charge in [0.1, 0.15) is 5.75 Å². The number of hydrogen-bond acceptors (Lipinski definition) is 5. The van der Waals surface area contributed by atoms with Crippen molar-refractivity contribution in [1.29, 1.82) is 0 Å². The van der Waals surface area contributed by atoms with Crippen LogP contribution in [0.25, 0.3) is 0 Å². The van der Waals surface area contributed by atoms with Gasteiger partial charge in [0.2, 0.25) is 11.8 Å². The Morgan fingerprint density at radius 1 is 1.21 bits per heavy atom. The smallest absolute Gasteiger partial charge is 0.308 e. The summed E-state index contributed by atoms with van der Waals surface area (Å²) >= 11 is 0. The van der Waals surface area contributed by atoms with Gasteiger partial charge in [-0.1, -0.05) is 18.2 Å². The number of carboxylic acid groups (broad SMARTS) is 1. The maximum Gasteiger partial charge on any atom is 0.308 e. The van der Waals surface area contributed by atoms with Gasteiger partial charge >= 0.3 is 5.97 Å². The van der Waals surface area contributed by atoms with Gasteiger partial charge in [-0.15, -0.1) is 0 Å². The fraction of sp³-hybridized carbons (Fsp3) is 0.577. The lowest BCUT2D eigenvalue weighted by Crippen LogP contribution is -2.46. The van der Waals surface area contributed by atoms with Crippen molar-refractivity contribution in [2.45, 2.75) is 38.5 Å². The first-order chi connectivity index (χ1) is 16.5. The first kappa shape index (κ1) is 25.7. The molecule has 1 aromatic carbocycles. The molecule has 3 rings (SSSR count). The number of allylic oxidation sites excluding steroid dienone is 1. The summed E-state index contributed by atoms with van der Waals surface area (Å²) in [5.41, 5.74) is 1.03. The zero-order valence-electron chi connectivity index (χ0n) is 20.0. The van der Waals surface area contributed by atoms with E-state index in [1.165, 1.54) is 0 Å². The van der Waals surface area contributed by atoms with Gasteiger partial charge in [-0.25, -0.2) is 0 Å². The van der Waals surface area contributed by atoms with Crippen LogP contribution >= 0.6 is 0 Å². The minimum Gasteiger partial charge on any atom is -0.497 e. The third-order valence-electron chi connectivity index (χ3n) is 6.81.